The molecule has 0 aromatic heterocycles. The molecule has 0 aliphatic heterocycles. The maximum Gasteiger partial charge on any atom is 0.0805 e. The Hall–Kier alpha value is -0.640. The fraction of sp³-hybridized carbons (Fsp3) is 0.636. The highest BCUT2D eigenvalue weighted by molar-refractivity contribution is 4.93. The van der Waals surface area contributed by atoms with E-state index in [9.17, 15) is 0 Å². The number of aliphatic hydroxyl groups is 3. The zero-order valence-corrected chi connectivity index (χ0v) is 8.63. The number of hydrogen-bond acceptors (Lipinski definition) is 3. The summed E-state index contributed by atoms with van der Waals surface area (Å²) in [5.41, 5.74) is 0. The largest absolute Gasteiger partial charge is 0.396 e. The van der Waals surface area contributed by atoms with Gasteiger partial charge in [-0.1, -0.05) is 24.3 Å². The molecule has 2 atom stereocenters. The number of rotatable bonds is 7. The van der Waals surface area contributed by atoms with Crippen LogP contribution in [0.5, 0.6) is 0 Å². The zero-order valence-electron chi connectivity index (χ0n) is 8.63. The normalized spacial score (nSPS) is 16.6. The molecule has 0 aromatic carbocycles. The number of hydrogen-bond donors (Lipinski definition) is 3. The van der Waals surface area contributed by atoms with Crippen molar-refractivity contribution in [1.29, 1.82) is 0 Å². The summed E-state index contributed by atoms with van der Waals surface area (Å²) in [6.45, 7) is 1.85. The van der Waals surface area contributed by atoms with Crippen LogP contribution in [0.3, 0.4) is 0 Å². The summed E-state index contributed by atoms with van der Waals surface area (Å²) in [5.74, 6) is 0.155. The van der Waals surface area contributed by atoms with Gasteiger partial charge in [-0.15, -0.1) is 0 Å². The Labute approximate surface area is 85.4 Å². The molecule has 14 heavy (non-hydrogen) atoms. The van der Waals surface area contributed by atoms with Gasteiger partial charge in [0.1, 0.15) is 0 Å². The molecule has 0 spiro atoms. The number of allylic oxidation sites excluding steroid dienone is 2. The first-order valence-electron chi connectivity index (χ1n) is 4.92. The zero-order chi connectivity index (χ0) is 10.8. The first-order chi connectivity index (χ1) is 6.74. The van der Waals surface area contributed by atoms with Crippen LogP contribution in [0.25, 0.3) is 0 Å². The summed E-state index contributed by atoms with van der Waals surface area (Å²) in [5, 5.41) is 26.5. The highest BCUT2D eigenvalue weighted by Crippen LogP contribution is 2.05. The standard InChI is InChI=1S/C11H20O3/c1-2-5-10(8-12)6-3-4-7-11(14)9-13/h2-5,10-14H,6-9H2,1H3/b4-3-,5-2+. The van der Waals surface area contributed by atoms with Gasteiger partial charge in [0.15, 0.2) is 0 Å². The van der Waals surface area contributed by atoms with Gasteiger partial charge in [0.25, 0.3) is 0 Å². The lowest BCUT2D eigenvalue weighted by Crippen LogP contribution is -2.09. The molecule has 0 aliphatic carbocycles. The van der Waals surface area contributed by atoms with Crippen LogP contribution in [0.4, 0.5) is 0 Å². The summed E-state index contributed by atoms with van der Waals surface area (Å²) in [6, 6.07) is 0. The van der Waals surface area contributed by atoms with Gasteiger partial charge in [-0.2, -0.15) is 0 Å². The fourth-order valence-corrected chi connectivity index (χ4v) is 1.08. The minimum atomic E-state index is -0.666. The van der Waals surface area contributed by atoms with E-state index in [4.69, 9.17) is 15.3 Å². The van der Waals surface area contributed by atoms with Gasteiger partial charge in [-0.3, -0.25) is 0 Å². The fourth-order valence-electron chi connectivity index (χ4n) is 1.08. The van der Waals surface area contributed by atoms with E-state index >= 15 is 0 Å². The molecule has 82 valence electrons. The molecule has 0 saturated heterocycles. The van der Waals surface area contributed by atoms with Crippen LogP contribution < -0.4 is 0 Å². The molecule has 0 fully saturated rings. The Balaban J connectivity index is 3.67. The minimum Gasteiger partial charge on any atom is -0.396 e. The van der Waals surface area contributed by atoms with Crippen LogP contribution >= 0.6 is 0 Å². The smallest absolute Gasteiger partial charge is 0.0805 e. The van der Waals surface area contributed by atoms with E-state index in [1.165, 1.54) is 0 Å². The maximum absolute atomic E-state index is 9.02. The second-order valence-electron chi connectivity index (χ2n) is 3.25. The summed E-state index contributed by atoms with van der Waals surface area (Å²) in [7, 11) is 0. The lowest BCUT2D eigenvalue weighted by Gasteiger charge is -2.05. The van der Waals surface area contributed by atoms with Gasteiger partial charge in [-0.25, -0.2) is 0 Å². The van der Waals surface area contributed by atoms with Crippen LogP contribution in [-0.4, -0.2) is 34.6 Å². The van der Waals surface area contributed by atoms with Crippen molar-refractivity contribution in [3.05, 3.63) is 24.3 Å². The van der Waals surface area contributed by atoms with E-state index in [1.54, 1.807) is 0 Å². The first-order valence-corrected chi connectivity index (χ1v) is 4.92. The third kappa shape index (κ3) is 6.83. The quantitative estimate of drug-likeness (QED) is 0.534. The second kappa shape index (κ2) is 8.94. The Bertz CT molecular complexity index is 175. The van der Waals surface area contributed by atoms with Crippen molar-refractivity contribution < 1.29 is 15.3 Å². The van der Waals surface area contributed by atoms with Crippen LogP contribution in [0, 0.1) is 5.92 Å². The monoisotopic (exact) mass is 200 g/mol. The van der Waals surface area contributed by atoms with Crippen molar-refractivity contribution in [2.24, 2.45) is 5.92 Å². The lowest BCUT2D eigenvalue weighted by atomic mass is 10.1. The van der Waals surface area contributed by atoms with E-state index in [0.717, 1.165) is 6.42 Å². The van der Waals surface area contributed by atoms with Crippen LogP contribution in [0.15, 0.2) is 24.3 Å². The molecular weight excluding hydrogens is 180 g/mol. The molecule has 0 aromatic rings. The SMILES string of the molecule is C/C=C/C(CO)C/C=C\CC(O)CO. The molecule has 3 N–H and O–H groups in total. The first kappa shape index (κ1) is 13.4. The lowest BCUT2D eigenvalue weighted by molar-refractivity contribution is 0.0975. The van der Waals surface area contributed by atoms with Crippen molar-refractivity contribution >= 4 is 0 Å². The predicted octanol–water partition coefficient (Wildman–Crippen LogP) is 0.861. The molecule has 0 bridgehead atoms. The van der Waals surface area contributed by atoms with Gasteiger partial charge in [0.2, 0.25) is 0 Å². The van der Waals surface area contributed by atoms with E-state index in [1.807, 2.05) is 31.2 Å². The molecule has 3 heteroatoms. The molecule has 0 saturated carbocycles. The summed E-state index contributed by atoms with van der Waals surface area (Å²) >= 11 is 0. The predicted molar refractivity (Wildman–Crippen MR) is 56.9 cm³/mol. The van der Waals surface area contributed by atoms with Crippen molar-refractivity contribution in [1.82, 2.24) is 0 Å². The summed E-state index contributed by atoms with van der Waals surface area (Å²) in [6.07, 6.45) is 8.17. The number of aliphatic hydroxyl groups excluding tert-OH is 3. The molecule has 0 heterocycles. The Morgan fingerprint density at radius 2 is 1.71 bits per heavy atom. The van der Waals surface area contributed by atoms with Crippen molar-refractivity contribution in [3.63, 3.8) is 0 Å². The average molecular weight is 200 g/mol. The topological polar surface area (TPSA) is 60.7 Å². The molecule has 0 rings (SSSR count). The maximum atomic E-state index is 9.02. The third-order valence-electron chi connectivity index (χ3n) is 1.92. The Morgan fingerprint density at radius 3 is 2.21 bits per heavy atom. The molecule has 2 unspecified atom stereocenters. The summed E-state index contributed by atoms with van der Waals surface area (Å²) in [4.78, 5) is 0. The molecular formula is C11H20O3. The van der Waals surface area contributed by atoms with Crippen molar-refractivity contribution in [2.45, 2.75) is 25.9 Å². The van der Waals surface area contributed by atoms with Gasteiger partial charge >= 0.3 is 0 Å². The van der Waals surface area contributed by atoms with Crippen molar-refractivity contribution in [3.8, 4) is 0 Å². The van der Waals surface area contributed by atoms with E-state index in [0.29, 0.717) is 6.42 Å². The summed E-state index contributed by atoms with van der Waals surface area (Å²) < 4.78 is 0. The molecule has 0 aliphatic rings. The average Bonchev–Trinajstić information content (AvgIpc) is 2.22. The minimum absolute atomic E-state index is 0.136. The van der Waals surface area contributed by atoms with Gasteiger partial charge < -0.3 is 15.3 Å². The van der Waals surface area contributed by atoms with Gasteiger partial charge in [-0.05, 0) is 19.8 Å². The Kier molecular flexibility index (Phi) is 8.53. The van der Waals surface area contributed by atoms with Gasteiger partial charge in [0, 0.05) is 12.5 Å². The highest BCUT2D eigenvalue weighted by atomic mass is 16.3. The van der Waals surface area contributed by atoms with Crippen molar-refractivity contribution in [2.75, 3.05) is 13.2 Å². The molecule has 3 nitrogen and oxygen atoms in total. The Morgan fingerprint density at radius 1 is 1.07 bits per heavy atom. The van der Waals surface area contributed by atoms with Gasteiger partial charge in [0.05, 0.1) is 12.7 Å². The molecule has 0 amide bonds. The molecule has 0 radical (unpaired) electrons. The van der Waals surface area contributed by atoms with Crippen LogP contribution in [-0.2, 0) is 0 Å². The third-order valence-corrected chi connectivity index (χ3v) is 1.92. The van der Waals surface area contributed by atoms with Crippen LogP contribution in [0.1, 0.15) is 19.8 Å². The van der Waals surface area contributed by atoms with E-state index < -0.39 is 6.10 Å². The van der Waals surface area contributed by atoms with E-state index in [2.05, 4.69) is 0 Å². The highest BCUT2D eigenvalue weighted by Gasteiger charge is 2.00. The second-order valence-corrected chi connectivity index (χ2v) is 3.25. The van der Waals surface area contributed by atoms with E-state index in [-0.39, 0.29) is 19.1 Å². The van der Waals surface area contributed by atoms with Crippen LogP contribution in [0.2, 0.25) is 0 Å².